The molecule has 0 spiro atoms. The van der Waals surface area contributed by atoms with Crippen LogP contribution in [0, 0.1) is 24.1 Å². The number of ether oxygens (including phenoxy) is 1. The van der Waals surface area contributed by atoms with Crippen LogP contribution in [0.25, 0.3) is 27.8 Å². The summed E-state index contributed by atoms with van der Waals surface area (Å²) in [6.07, 6.45) is 1.98. The van der Waals surface area contributed by atoms with Crippen LogP contribution in [-0.4, -0.2) is 9.55 Å². The smallest absolute Gasteiger partial charge is 0.127 e. The molecular formula is C27H18FN3O. The third-order valence-corrected chi connectivity index (χ3v) is 5.27. The van der Waals surface area contributed by atoms with Gasteiger partial charge in [-0.1, -0.05) is 6.07 Å². The lowest BCUT2D eigenvalue weighted by Crippen LogP contribution is -1.96. The Morgan fingerprint density at radius 2 is 1.62 bits per heavy atom. The van der Waals surface area contributed by atoms with Gasteiger partial charge in [0.05, 0.1) is 22.8 Å². The number of nitrogens with zero attached hydrogens (tertiary/aromatic N) is 3. The van der Waals surface area contributed by atoms with Gasteiger partial charge in [0.1, 0.15) is 17.3 Å². The lowest BCUT2D eigenvalue weighted by atomic mass is 10.1. The molecule has 2 aromatic heterocycles. The second-order valence-corrected chi connectivity index (χ2v) is 7.47. The Morgan fingerprint density at radius 3 is 2.34 bits per heavy atom. The van der Waals surface area contributed by atoms with Crippen molar-refractivity contribution in [3.05, 3.63) is 108 Å². The highest BCUT2D eigenvalue weighted by Crippen LogP contribution is 2.29. The molecule has 0 amide bonds. The number of hydrogen-bond acceptors (Lipinski definition) is 3. The molecule has 0 aliphatic carbocycles. The van der Waals surface area contributed by atoms with Crippen molar-refractivity contribution in [1.29, 1.82) is 5.26 Å². The summed E-state index contributed by atoms with van der Waals surface area (Å²) in [5.41, 5.74) is 5.29. The molecule has 5 rings (SSSR count). The predicted octanol–water partition coefficient (Wildman–Crippen LogP) is 6.80. The zero-order valence-electron chi connectivity index (χ0n) is 17.3. The van der Waals surface area contributed by atoms with E-state index in [2.05, 4.69) is 10.6 Å². The van der Waals surface area contributed by atoms with E-state index in [4.69, 9.17) is 9.72 Å². The molecule has 0 aliphatic rings. The Balaban J connectivity index is 1.48. The standard InChI is InChI=1S/C27H18FN3O/c1-18-15-22(31-14-13-25-20(17-29)3-2-4-27(25)31)16-26(30-18)19-5-9-23(10-6-19)32-24-11-7-21(28)8-12-24/h2-16H,1H3. The van der Waals surface area contributed by atoms with Crippen LogP contribution in [0.3, 0.4) is 0 Å². The molecule has 0 unspecified atom stereocenters. The monoisotopic (exact) mass is 419 g/mol. The highest BCUT2D eigenvalue weighted by molar-refractivity contribution is 5.87. The predicted molar refractivity (Wildman–Crippen MR) is 122 cm³/mol. The van der Waals surface area contributed by atoms with Gasteiger partial charge < -0.3 is 9.30 Å². The molecule has 0 aliphatic heterocycles. The van der Waals surface area contributed by atoms with E-state index in [0.29, 0.717) is 17.1 Å². The van der Waals surface area contributed by atoms with Crippen molar-refractivity contribution in [2.75, 3.05) is 0 Å². The van der Waals surface area contributed by atoms with Crippen LogP contribution in [0.4, 0.5) is 4.39 Å². The molecule has 32 heavy (non-hydrogen) atoms. The van der Waals surface area contributed by atoms with E-state index >= 15 is 0 Å². The molecule has 5 aromatic rings. The highest BCUT2D eigenvalue weighted by Gasteiger charge is 2.10. The van der Waals surface area contributed by atoms with Gasteiger partial charge in [-0.05, 0) is 85.8 Å². The molecule has 3 aromatic carbocycles. The van der Waals surface area contributed by atoms with Gasteiger partial charge in [0, 0.05) is 28.5 Å². The van der Waals surface area contributed by atoms with E-state index in [1.807, 2.05) is 73.8 Å². The number of aryl methyl sites for hydroxylation is 1. The number of benzene rings is 3. The van der Waals surface area contributed by atoms with Crippen LogP contribution in [0.1, 0.15) is 11.3 Å². The van der Waals surface area contributed by atoms with Crippen molar-refractivity contribution in [1.82, 2.24) is 9.55 Å². The minimum Gasteiger partial charge on any atom is -0.457 e. The Bertz CT molecular complexity index is 1460. The first-order valence-electron chi connectivity index (χ1n) is 10.1. The summed E-state index contributed by atoms with van der Waals surface area (Å²) < 4.78 is 20.9. The van der Waals surface area contributed by atoms with Gasteiger partial charge in [-0.3, -0.25) is 4.98 Å². The summed E-state index contributed by atoms with van der Waals surface area (Å²) in [5, 5.41) is 10.3. The molecule has 0 radical (unpaired) electrons. The quantitative estimate of drug-likeness (QED) is 0.322. The first-order valence-corrected chi connectivity index (χ1v) is 10.1. The van der Waals surface area contributed by atoms with Gasteiger partial charge >= 0.3 is 0 Å². The summed E-state index contributed by atoms with van der Waals surface area (Å²) in [7, 11) is 0. The lowest BCUT2D eigenvalue weighted by molar-refractivity contribution is 0.480. The van der Waals surface area contributed by atoms with Crippen molar-refractivity contribution in [3.8, 4) is 34.5 Å². The number of pyridine rings is 1. The highest BCUT2D eigenvalue weighted by atomic mass is 19.1. The zero-order chi connectivity index (χ0) is 22.1. The van der Waals surface area contributed by atoms with Crippen molar-refractivity contribution >= 4 is 10.9 Å². The van der Waals surface area contributed by atoms with Crippen molar-refractivity contribution < 1.29 is 9.13 Å². The van der Waals surface area contributed by atoms with Crippen LogP contribution >= 0.6 is 0 Å². The average Bonchev–Trinajstić information content (AvgIpc) is 3.25. The van der Waals surface area contributed by atoms with E-state index in [0.717, 1.165) is 33.5 Å². The molecule has 4 nitrogen and oxygen atoms in total. The van der Waals surface area contributed by atoms with Crippen molar-refractivity contribution in [3.63, 3.8) is 0 Å². The Morgan fingerprint density at radius 1 is 0.906 bits per heavy atom. The van der Waals surface area contributed by atoms with E-state index in [1.165, 1.54) is 12.1 Å². The Kier molecular flexibility index (Phi) is 4.89. The van der Waals surface area contributed by atoms with Crippen LogP contribution in [0.2, 0.25) is 0 Å². The lowest BCUT2D eigenvalue weighted by Gasteiger charge is -2.11. The SMILES string of the molecule is Cc1cc(-n2ccc3c(C#N)cccc32)cc(-c2ccc(Oc3ccc(F)cc3)cc2)n1. The number of rotatable bonds is 4. The molecule has 2 heterocycles. The maximum Gasteiger partial charge on any atom is 0.127 e. The van der Waals surface area contributed by atoms with Gasteiger partial charge in [-0.25, -0.2) is 4.39 Å². The molecule has 0 bridgehead atoms. The van der Waals surface area contributed by atoms with Gasteiger partial charge in [0.25, 0.3) is 0 Å². The van der Waals surface area contributed by atoms with E-state index in [-0.39, 0.29) is 5.82 Å². The number of halogens is 1. The first-order chi connectivity index (χ1) is 15.6. The van der Waals surface area contributed by atoms with Gasteiger partial charge in [-0.2, -0.15) is 5.26 Å². The summed E-state index contributed by atoms with van der Waals surface area (Å²) in [6, 6.07) is 27.6. The summed E-state index contributed by atoms with van der Waals surface area (Å²) in [6.45, 7) is 1.96. The number of nitriles is 1. The largest absolute Gasteiger partial charge is 0.457 e. The molecule has 0 fully saturated rings. The summed E-state index contributed by atoms with van der Waals surface area (Å²) in [4.78, 5) is 4.70. The van der Waals surface area contributed by atoms with Crippen LogP contribution < -0.4 is 4.74 Å². The third-order valence-electron chi connectivity index (χ3n) is 5.27. The third kappa shape index (κ3) is 3.70. The molecular weight excluding hydrogens is 401 g/mol. The first kappa shape index (κ1) is 19.5. The van der Waals surface area contributed by atoms with Gasteiger partial charge in [0.15, 0.2) is 0 Å². The molecule has 5 heteroatoms. The normalized spacial score (nSPS) is 10.8. The summed E-state index contributed by atoms with van der Waals surface area (Å²) in [5.74, 6) is 0.938. The van der Waals surface area contributed by atoms with Crippen LogP contribution in [-0.2, 0) is 0 Å². The maximum absolute atomic E-state index is 13.1. The molecule has 0 N–H and O–H groups in total. The minimum atomic E-state index is -0.298. The molecule has 154 valence electrons. The van der Waals surface area contributed by atoms with Crippen molar-refractivity contribution in [2.45, 2.75) is 6.92 Å². The van der Waals surface area contributed by atoms with E-state index in [1.54, 1.807) is 12.1 Å². The van der Waals surface area contributed by atoms with Crippen LogP contribution in [0.5, 0.6) is 11.5 Å². The topological polar surface area (TPSA) is 50.8 Å². The number of hydrogen-bond donors (Lipinski definition) is 0. The van der Waals surface area contributed by atoms with Gasteiger partial charge in [-0.15, -0.1) is 0 Å². The second kappa shape index (κ2) is 8.01. The fourth-order valence-electron chi connectivity index (χ4n) is 3.76. The van der Waals surface area contributed by atoms with Crippen LogP contribution in [0.15, 0.2) is 91.1 Å². The molecule has 0 saturated heterocycles. The summed E-state index contributed by atoms with van der Waals surface area (Å²) >= 11 is 0. The number of fused-ring (bicyclic) bond motifs is 1. The van der Waals surface area contributed by atoms with Crippen molar-refractivity contribution in [2.24, 2.45) is 0 Å². The fraction of sp³-hybridized carbons (Fsp3) is 0.0370. The molecule has 0 atom stereocenters. The fourth-order valence-corrected chi connectivity index (χ4v) is 3.76. The Labute approximate surface area is 184 Å². The number of aromatic nitrogens is 2. The Hall–Kier alpha value is -4.43. The minimum absolute atomic E-state index is 0.298. The zero-order valence-corrected chi connectivity index (χ0v) is 17.3. The van der Waals surface area contributed by atoms with E-state index in [9.17, 15) is 9.65 Å². The maximum atomic E-state index is 13.1. The second-order valence-electron chi connectivity index (χ2n) is 7.47. The average molecular weight is 419 g/mol. The molecule has 0 saturated carbocycles. The van der Waals surface area contributed by atoms with E-state index < -0.39 is 0 Å². The van der Waals surface area contributed by atoms with Gasteiger partial charge in [0.2, 0.25) is 0 Å².